The van der Waals surface area contributed by atoms with Crippen LogP contribution in [-0.2, 0) is 25.7 Å². The molecule has 0 aromatic heterocycles. The van der Waals surface area contributed by atoms with Crippen molar-refractivity contribution in [2.24, 2.45) is 10.9 Å². The van der Waals surface area contributed by atoms with Gasteiger partial charge in [-0.3, -0.25) is 4.99 Å². The first-order chi connectivity index (χ1) is 13.6. The summed E-state index contributed by atoms with van der Waals surface area (Å²) < 4.78 is 0. The average molecular weight is 376 g/mol. The highest BCUT2D eigenvalue weighted by atomic mass is 16.3. The fourth-order valence-corrected chi connectivity index (χ4v) is 5.01. The zero-order valence-corrected chi connectivity index (χ0v) is 17.4. The number of hydrogen-bond acceptors (Lipinski definition) is 2. The molecule has 28 heavy (non-hydrogen) atoms. The molecular weight excluding hydrogens is 342 g/mol. The second-order valence-corrected chi connectivity index (χ2v) is 8.78. The number of aromatic hydroxyl groups is 1. The molecule has 4 bridgehead atoms. The lowest BCUT2D eigenvalue weighted by Gasteiger charge is -2.26. The standard InChI is InChI=1S/C26H33NO/c1-18(22-6-4-3-5-7-22)27-19(2)25-23-14-12-20-8-10-21(11-9-20)13-15-24(17-16-23)26(25)28/h8-11,16-18,22,28H,3-7,12-15H2,1-2H3/t18-/m0/s1. The molecule has 1 atom stereocenters. The van der Waals surface area contributed by atoms with Gasteiger partial charge in [0.1, 0.15) is 5.75 Å². The van der Waals surface area contributed by atoms with E-state index in [1.807, 2.05) is 0 Å². The lowest BCUT2D eigenvalue weighted by Crippen LogP contribution is -2.20. The Hall–Kier alpha value is -2.09. The first-order valence-corrected chi connectivity index (χ1v) is 11.1. The van der Waals surface area contributed by atoms with Crippen molar-refractivity contribution >= 4 is 5.71 Å². The van der Waals surface area contributed by atoms with E-state index >= 15 is 0 Å². The fourth-order valence-electron chi connectivity index (χ4n) is 5.01. The van der Waals surface area contributed by atoms with E-state index in [1.54, 1.807) is 0 Å². The zero-order chi connectivity index (χ0) is 19.5. The van der Waals surface area contributed by atoms with Crippen LogP contribution in [0.1, 0.15) is 73.8 Å². The third-order valence-electron chi connectivity index (χ3n) is 6.83. The quantitative estimate of drug-likeness (QED) is 0.650. The number of nitrogens with zero attached hydrogens (tertiary/aromatic N) is 1. The topological polar surface area (TPSA) is 32.6 Å². The molecule has 0 aliphatic heterocycles. The molecular formula is C26H33NO. The van der Waals surface area contributed by atoms with Gasteiger partial charge in [0, 0.05) is 11.3 Å². The maximum absolute atomic E-state index is 11.1. The molecule has 1 fully saturated rings. The van der Waals surface area contributed by atoms with E-state index in [-0.39, 0.29) is 0 Å². The molecule has 5 aliphatic rings. The Kier molecular flexibility index (Phi) is 5.85. The summed E-state index contributed by atoms with van der Waals surface area (Å²) in [6.07, 6.45) is 10.4. The summed E-state index contributed by atoms with van der Waals surface area (Å²) in [6.45, 7) is 4.36. The molecule has 0 amide bonds. The highest BCUT2D eigenvalue weighted by Crippen LogP contribution is 2.32. The molecule has 0 saturated heterocycles. The highest BCUT2D eigenvalue weighted by molar-refractivity contribution is 6.03. The lowest BCUT2D eigenvalue weighted by molar-refractivity contribution is 0.318. The predicted molar refractivity (Wildman–Crippen MR) is 118 cm³/mol. The number of phenols is 1. The van der Waals surface area contributed by atoms with E-state index in [1.165, 1.54) is 48.8 Å². The number of rotatable bonds is 3. The number of aryl methyl sites for hydroxylation is 4. The van der Waals surface area contributed by atoms with Gasteiger partial charge < -0.3 is 5.11 Å². The SMILES string of the molecule is CC(=N[C@@H](C)C1CCCCC1)c1c2ccc(c1O)CCc1ccc(cc1)CC2. The average Bonchev–Trinajstić information content (AvgIpc) is 2.71. The summed E-state index contributed by atoms with van der Waals surface area (Å²) in [5.41, 5.74) is 6.98. The van der Waals surface area contributed by atoms with E-state index in [0.29, 0.717) is 17.7 Å². The molecule has 0 spiro atoms. The first kappa shape index (κ1) is 19.2. The van der Waals surface area contributed by atoms with Crippen molar-refractivity contribution in [3.63, 3.8) is 0 Å². The predicted octanol–water partition coefficient (Wildman–Crippen LogP) is 6.05. The van der Waals surface area contributed by atoms with Gasteiger partial charge in [-0.05, 0) is 80.5 Å². The second kappa shape index (κ2) is 8.51. The minimum absolute atomic E-state index is 0.335. The van der Waals surface area contributed by atoms with Crippen LogP contribution in [0.15, 0.2) is 41.4 Å². The smallest absolute Gasteiger partial charge is 0.128 e. The van der Waals surface area contributed by atoms with E-state index in [2.05, 4.69) is 50.2 Å². The van der Waals surface area contributed by atoms with Crippen LogP contribution >= 0.6 is 0 Å². The van der Waals surface area contributed by atoms with Gasteiger partial charge in [-0.2, -0.15) is 0 Å². The summed E-state index contributed by atoms with van der Waals surface area (Å²) in [6, 6.07) is 13.7. The van der Waals surface area contributed by atoms with Gasteiger partial charge >= 0.3 is 0 Å². The summed E-state index contributed by atoms with van der Waals surface area (Å²) in [5, 5.41) is 11.1. The van der Waals surface area contributed by atoms with E-state index in [4.69, 9.17) is 4.99 Å². The van der Waals surface area contributed by atoms with Crippen molar-refractivity contribution in [3.8, 4) is 5.75 Å². The third-order valence-corrected chi connectivity index (χ3v) is 6.83. The van der Waals surface area contributed by atoms with Gasteiger partial charge in [0.05, 0.1) is 6.04 Å². The van der Waals surface area contributed by atoms with Crippen molar-refractivity contribution in [2.45, 2.75) is 77.7 Å². The molecule has 1 N–H and O–H groups in total. The molecule has 7 rings (SSSR count). The summed E-state index contributed by atoms with van der Waals surface area (Å²) in [7, 11) is 0. The molecule has 5 aliphatic carbocycles. The number of benzene rings is 2. The molecule has 148 valence electrons. The van der Waals surface area contributed by atoms with Crippen molar-refractivity contribution in [1.82, 2.24) is 0 Å². The van der Waals surface area contributed by atoms with Gasteiger partial charge in [0.25, 0.3) is 0 Å². The van der Waals surface area contributed by atoms with Crippen LogP contribution in [0.3, 0.4) is 0 Å². The van der Waals surface area contributed by atoms with Crippen molar-refractivity contribution in [3.05, 3.63) is 64.2 Å². The lowest BCUT2D eigenvalue weighted by atomic mass is 9.84. The van der Waals surface area contributed by atoms with Gasteiger partial charge in [-0.1, -0.05) is 55.7 Å². The Labute approximate surface area is 169 Å². The Morgan fingerprint density at radius 3 is 2.07 bits per heavy atom. The van der Waals surface area contributed by atoms with Crippen LogP contribution in [0, 0.1) is 5.92 Å². The number of hydrogen-bond donors (Lipinski definition) is 1. The van der Waals surface area contributed by atoms with Crippen LogP contribution in [-0.4, -0.2) is 16.9 Å². The molecule has 2 aromatic carbocycles. The van der Waals surface area contributed by atoms with Crippen molar-refractivity contribution in [2.75, 3.05) is 0 Å². The van der Waals surface area contributed by atoms with E-state index in [0.717, 1.165) is 42.5 Å². The monoisotopic (exact) mass is 375 g/mol. The Bertz CT molecular complexity index is 843. The largest absolute Gasteiger partial charge is 0.507 e. The molecule has 2 heteroatoms. The Morgan fingerprint density at radius 1 is 0.857 bits per heavy atom. The minimum atomic E-state index is 0.335. The Balaban J connectivity index is 1.67. The van der Waals surface area contributed by atoms with Crippen LogP contribution < -0.4 is 0 Å². The maximum Gasteiger partial charge on any atom is 0.128 e. The fraction of sp³-hybridized carbons (Fsp3) is 0.500. The highest BCUT2D eigenvalue weighted by Gasteiger charge is 2.21. The van der Waals surface area contributed by atoms with Gasteiger partial charge in [-0.15, -0.1) is 0 Å². The summed E-state index contributed by atoms with van der Waals surface area (Å²) >= 11 is 0. The number of phenolic OH excluding ortho intramolecular Hbond substituents is 1. The minimum Gasteiger partial charge on any atom is -0.507 e. The van der Waals surface area contributed by atoms with Crippen LogP contribution in [0.25, 0.3) is 0 Å². The molecule has 0 radical (unpaired) electrons. The summed E-state index contributed by atoms with van der Waals surface area (Å²) in [5.74, 6) is 1.16. The van der Waals surface area contributed by atoms with Crippen LogP contribution in [0.5, 0.6) is 5.75 Å². The van der Waals surface area contributed by atoms with Crippen LogP contribution in [0.4, 0.5) is 0 Å². The summed E-state index contributed by atoms with van der Waals surface area (Å²) in [4.78, 5) is 5.10. The normalized spacial score (nSPS) is 19.3. The molecule has 2 aromatic rings. The van der Waals surface area contributed by atoms with Crippen LogP contribution in [0.2, 0.25) is 0 Å². The van der Waals surface area contributed by atoms with Gasteiger partial charge in [0.15, 0.2) is 0 Å². The van der Waals surface area contributed by atoms with Gasteiger partial charge in [0.2, 0.25) is 0 Å². The van der Waals surface area contributed by atoms with Gasteiger partial charge in [-0.25, -0.2) is 0 Å². The number of aliphatic imine (C=N–C) groups is 1. The maximum atomic E-state index is 11.1. The molecule has 2 nitrogen and oxygen atoms in total. The second-order valence-electron chi connectivity index (χ2n) is 8.78. The third kappa shape index (κ3) is 4.16. The first-order valence-electron chi connectivity index (χ1n) is 11.1. The molecule has 0 heterocycles. The van der Waals surface area contributed by atoms with Crippen molar-refractivity contribution < 1.29 is 5.11 Å². The van der Waals surface area contributed by atoms with E-state index in [9.17, 15) is 5.11 Å². The Morgan fingerprint density at radius 2 is 1.43 bits per heavy atom. The van der Waals surface area contributed by atoms with E-state index < -0.39 is 0 Å². The van der Waals surface area contributed by atoms with Crippen molar-refractivity contribution in [1.29, 1.82) is 0 Å². The molecule has 1 saturated carbocycles. The zero-order valence-electron chi connectivity index (χ0n) is 17.4. The molecule has 0 unspecified atom stereocenters.